The van der Waals surface area contributed by atoms with Crippen molar-refractivity contribution >= 4 is 33.6 Å². The summed E-state index contributed by atoms with van der Waals surface area (Å²) in [5.41, 5.74) is 0. The van der Waals surface area contributed by atoms with Crippen LogP contribution in [0.15, 0.2) is 146 Å². The molecule has 0 aromatic rings. The van der Waals surface area contributed by atoms with Gasteiger partial charge in [-0.15, -0.1) is 0 Å². The normalized spacial score (nSPS) is 14.9. The van der Waals surface area contributed by atoms with Gasteiger partial charge in [0.05, 0.1) is 26.4 Å². The largest absolute Gasteiger partial charge is 0.472 e. The molecule has 0 radical (unpaired) electrons. The number of rotatable bonds is 69. The SMILES string of the molecule is CC/C=C\C/C=C\C/C=C\C/C=C\C/C=C\C/C=C\CCCCCCCCC(=O)OCC(O)COP(=O)(O)OCC(O)COP(=O)(O)OCC(COC(=O)CCCCCC/C=C\C/C=C\C/C=C\C/C=C\C/C=C\C/C=C\CC)OC(=O)CCCCCCCCCCCCCCC. The van der Waals surface area contributed by atoms with Crippen LogP contribution in [0.25, 0.3) is 0 Å². The number of phosphoric ester groups is 2. The lowest BCUT2D eigenvalue weighted by Gasteiger charge is -2.21. The Morgan fingerprint density at radius 3 is 0.866 bits per heavy atom. The van der Waals surface area contributed by atoms with Gasteiger partial charge in [0.1, 0.15) is 25.4 Å². The summed E-state index contributed by atoms with van der Waals surface area (Å²) in [5.74, 6) is -1.62. The first-order valence-corrected chi connectivity index (χ1v) is 40.1. The van der Waals surface area contributed by atoms with Crippen molar-refractivity contribution in [2.75, 3.05) is 39.6 Å². The zero-order valence-corrected chi connectivity index (χ0v) is 62.0. The van der Waals surface area contributed by atoms with Crippen molar-refractivity contribution in [2.24, 2.45) is 0 Å². The lowest BCUT2D eigenvalue weighted by Crippen LogP contribution is -2.30. The van der Waals surface area contributed by atoms with E-state index >= 15 is 0 Å². The van der Waals surface area contributed by atoms with Gasteiger partial charge in [0.25, 0.3) is 0 Å². The number of hydrogen-bond acceptors (Lipinski definition) is 14. The number of ether oxygens (including phenoxy) is 3. The van der Waals surface area contributed by atoms with Gasteiger partial charge < -0.3 is 34.2 Å². The Bertz CT molecular complexity index is 2350. The third-order valence-corrected chi connectivity index (χ3v) is 17.0. The molecule has 554 valence electrons. The molecule has 0 aliphatic carbocycles. The Hall–Kier alpha value is -4.57. The summed E-state index contributed by atoms with van der Waals surface area (Å²) in [6.45, 7) is 2.39. The van der Waals surface area contributed by atoms with Crippen LogP contribution in [0.2, 0.25) is 0 Å². The number of aliphatic hydroxyl groups is 2. The van der Waals surface area contributed by atoms with Crippen molar-refractivity contribution in [2.45, 2.75) is 296 Å². The molecule has 5 atom stereocenters. The first-order valence-electron chi connectivity index (χ1n) is 37.1. The molecule has 0 saturated heterocycles. The van der Waals surface area contributed by atoms with E-state index in [1.54, 1.807) is 0 Å². The summed E-state index contributed by atoms with van der Waals surface area (Å²) in [6.07, 6.45) is 86.0. The Morgan fingerprint density at radius 1 is 0.299 bits per heavy atom. The second-order valence-corrected chi connectivity index (χ2v) is 27.2. The summed E-state index contributed by atoms with van der Waals surface area (Å²) < 4.78 is 61.0. The third kappa shape index (κ3) is 72.5. The first kappa shape index (κ1) is 92.4. The van der Waals surface area contributed by atoms with E-state index in [0.717, 1.165) is 167 Å². The molecule has 97 heavy (non-hydrogen) atoms. The van der Waals surface area contributed by atoms with Crippen molar-refractivity contribution in [3.05, 3.63) is 146 Å². The van der Waals surface area contributed by atoms with Crippen LogP contribution in [0.3, 0.4) is 0 Å². The van der Waals surface area contributed by atoms with E-state index in [9.17, 15) is 43.5 Å². The molecule has 0 aliphatic heterocycles. The van der Waals surface area contributed by atoms with E-state index < -0.39 is 91.5 Å². The number of carbonyl (C=O) groups is 3. The summed E-state index contributed by atoms with van der Waals surface area (Å²) >= 11 is 0. The van der Waals surface area contributed by atoms with Crippen molar-refractivity contribution in [3.63, 3.8) is 0 Å². The standard InChI is InChI=1S/C79H132O16P2/c1-4-7-10-13-16-19-22-25-27-29-31-33-35-36-38-40-41-43-45-48-50-53-56-59-62-65-77(82)89-68-74(80)69-91-96(85,86)92-70-75(81)71-93-97(87,88)94-73-76(95-79(84)67-64-61-58-55-52-47-24-21-18-15-12-9-6-3)72-90-78(83)66-63-60-57-54-51-49-46-44-42-39-37-34-32-30-28-26-23-20-17-14-11-8-5-2/h7-8,10-11,16-17,19-20,25-28,31-34,36,38-39,41-43,46,49,74-76,80-81H,4-6,9,12-15,18,21-24,29-30,35,37,40,44-45,47-48,50-73H2,1-3H3,(H,85,86)(H,87,88)/b10-7-,11-8-,19-16-,20-17-,27-25-,28-26-,33-31-,34-32-,38-36-,42-39-,43-41-,49-46-. The minimum Gasteiger partial charge on any atom is -0.463 e. The molecule has 16 nitrogen and oxygen atoms in total. The van der Waals surface area contributed by atoms with Crippen LogP contribution in [-0.4, -0.2) is 95.9 Å². The summed E-state index contributed by atoms with van der Waals surface area (Å²) in [5, 5.41) is 20.6. The van der Waals surface area contributed by atoms with E-state index in [4.69, 9.17) is 32.3 Å². The van der Waals surface area contributed by atoms with Crippen LogP contribution in [0, 0.1) is 0 Å². The van der Waals surface area contributed by atoms with Crippen LogP contribution in [-0.2, 0) is 55.8 Å². The number of unbranched alkanes of at least 4 members (excludes halogenated alkanes) is 22. The monoisotopic (exact) mass is 1400 g/mol. The van der Waals surface area contributed by atoms with Crippen LogP contribution in [0.5, 0.6) is 0 Å². The molecule has 0 fully saturated rings. The highest BCUT2D eigenvalue weighted by Crippen LogP contribution is 2.45. The average Bonchev–Trinajstić information content (AvgIpc) is 1.58. The quantitative estimate of drug-likeness (QED) is 0.0146. The highest BCUT2D eigenvalue weighted by atomic mass is 31.2. The van der Waals surface area contributed by atoms with Gasteiger partial charge in [-0.05, 0) is 122 Å². The maximum atomic E-state index is 12.9. The molecule has 18 heteroatoms. The molecular weight excluding hydrogens is 1270 g/mol. The molecule has 0 bridgehead atoms. The molecule has 0 spiro atoms. The van der Waals surface area contributed by atoms with Gasteiger partial charge in [0.15, 0.2) is 6.10 Å². The smallest absolute Gasteiger partial charge is 0.463 e. The van der Waals surface area contributed by atoms with Gasteiger partial charge in [-0.2, -0.15) is 0 Å². The molecule has 0 aromatic heterocycles. The van der Waals surface area contributed by atoms with Gasteiger partial charge in [-0.3, -0.25) is 32.5 Å². The molecular formula is C79H132O16P2. The lowest BCUT2D eigenvalue weighted by atomic mass is 10.0. The number of hydrogen-bond donors (Lipinski definition) is 4. The number of esters is 3. The molecule has 0 rings (SSSR count). The number of phosphoric acid groups is 2. The molecule has 0 aliphatic rings. The lowest BCUT2D eigenvalue weighted by molar-refractivity contribution is -0.161. The van der Waals surface area contributed by atoms with Crippen LogP contribution < -0.4 is 0 Å². The molecule has 0 aromatic carbocycles. The van der Waals surface area contributed by atoms with E-state index in [1.807, 2.05) is 0 Å². The summed E-state index contributed by atoms with van der Waals surface area (Å²) in [6, 6.07) is 0. The maximum Gasteiger partial charge on any atom is 0.472 e. The van der Waals surface area contributed by atoms with E-state index in [2.05, 4.69) is 167 Å². The highest BCUT2D eigenvalue weighted by Gasteiger charge is 2.29. The Balaban J connectivity index is 4.63. The van der Waals surface area contributed by atoms with Crippen LogP contribution in [0.1, 0.15) is 278 Å². The minimum atomic E-state index is -4.94. The maximum absolute atomic E-state index is 12.9. The van der Waals surface area contributed by atoms with Gasteiger partial charge in [0.2, 0.25) is 0 Å². The van der Waals surface area contributed by atoms with Crippen molar-refractivity contribution in [3.8, 4) is 0 Å². The molecule has 0 heterocycles. The van der Waals surface area contributed by atoms with Gasteiger partial charge in [-0.25, -0.2) is 9.13 Å². The van der Waals surface area contributed by atoms with E-state index in [1.165, 1.54) is 51.4 Å². The van der Waals surface area contributed by atoms with Gasteiger partial charge in [-0.1, -0.05) is 282 Å². The number of aliphatic hydroxyl groups excluding tert-OH is 2. The fourth-order valence-electron chi connectivity index (χ4n) is 9.46. The van der Waals surface area contributed by atoms with Crippen molar-refractivity contribution in [1.29, 1.82) is 0 Å². The zero-order chi connectivity index (χ0) is 70.9. The van der Waals surface area contributed by atoms with E-state index in [0.29, 0.717) is 19.3 Å². The van der Waals surface area contributed by atoms with Gasteiger partial charge in [0, 0.05) is 19.3 Å². The highest BCUT2D eigenvalue weighted by molar-refractivity contribution is 7.47. The van der Waals surface area contributed by atoms with Crippen molar-refractivity contribution in [1.82, 2.24) is 0 Å². The molecule has 5 unspecified atom stereocenters. The number of allylic oxidation sites excluding steroid dienone is 24. The topological polar surface area (TPSA) is 231 Å². The second-order valence-electron chi connectivity index (χ2n) is 24.3. The average molecular weight is 1400 g/mol. The summed E-state index contributed by atoms with van der Waals surface area (Å²) in [7, 11) is -9.80. The third-order valence-electron chi connectivity index (χ3n) is 15.1. The number of carbonyl (C=O) groups excluding carboxylic acids is 3. The first-order chi connectivity index (χ1) is 47.2. The Morgan fingerprint density at radius 2 is 0.546 bits per heavy atom. The predicted molar refractivity (Wildman–Crippen MR) is 399 cm³/mol. The van der Waals surface area contributed by atoms with Crippen molar-refractivity contribution < 1.29 is 75.8 Å². The fraction of sp³-hybridized carbons (Fsp3) is 0.658. The second kappa shape index (κ2) is 71.3. The van der Waals surface area contributed by atoms with E-state index in [-0.39, 0.29) is 19.3 Å². The Kier molecular flexibility index (Phi) is 67.9. The van der Waals surface area contributed by atoms with Crippen LogP contribution >= 0.6 is 15.6 Å². The molecule has 0 saturated carbocycles. The minimum absolute atomic E-state index is 0.0971. The van der Waals surface area contributed by atoms with Crippen LogP contribution in [0.4, 0.5) is 0 Å². The Labute approximate surface area is 587 Å². The van der Waals surface area contributed by atoms with Gasteiger partial charge >= 0.3 is 33.6 Å². The fourth-order valence-corrected chi connectivity index (χ4v) is 11.0. The molecule has 0 amide bonds. The predicted octanol–water partition coefficient (Wildman–Crippen LogP) is 21.3. The summed E-state index contributed by atoms with van der Waals surface area (Å²) in [4.78, 5) is 58.5. The molecule has 4 N–H and O–H groups in total. The zero-order valence-electron chi connectivity index (χ0n) is 60.2.